The van der Waals surface area contributed by atoms with Crippen molar-refractivity contribution in [2.75, 3.05) is 0 Å². The van der Waals surface area contributed by atoms with Crippen LogP contribution in [-0.4, -0.2) is 20.1 Å². The summed E-state index contributed by atoms with van der Waals surface area (Å²) in [5.74, 6) is 0. The van der Waals surface area contributed by atoms with Crippen LogP contribution in [0.3, 0.4) is 0 Å². The standard InChI is InChI=1S/C18H12F6O2S/c19-17(20,21)16(27(25,26)18(22,23)24)12-11-15(13-7-3-1-4-8-13)14-9-5-2-6-10-14/h1-12H. The summed E-state index contributed by atoms with van der Waals surface area (Å²) in [7, 11) is -6.56. The number of allylic oxidation sites excluding steroid dienone is 3. The molecule has 0 atom stereocenters. The number of sulfone groups is 1. The molecule has 0 aromatic heterocycles. The lowest BCUT2D eigenvalue weighted by atomic mass is 9.97. The molecule has 0 N–H and O–H groups in total. The SMILES string of the molecule is O=S(=O)(C(=CC=C(c1ccccc1)c1ccccc1)C(F)(F)F)C(F)(F)F. The summed E-state index contributed by atoms with van der Waals surface area (Å²) in [5, 5.41) is 0. The Kier molecular flexibility index (Phi) is 5.84. The average molecular weight is 406 g/mol. The van der Waals surface area contributed by atoms with Crippen LogP contribution in [0.1, 0.15) is 11.1 Å². The van der Waals surface area contributed by atoms with Gasteiger partial charge in [0.25, 0.3) is 9.84 Å². The first-order valence-electron chi connectivity index (χ1n) is 7.36. The van der Waals surface area contributed by atoms with Crippen LogP contribution in [0.5, 0.6) is 0 Å². The van der Waals surface area contributed by atoms with Gasteiger partial charge in [-0.1, -0.05) is 66.7 Å². The Labute approximate surface area is 151 Å². The van der Waals surface area contributed by atoms with Gasteiger partial charge in [0.05, 0.1) is 0 Å². The summed E-state index contributed by atoms with van der Waals surface area (Å²) in [6.45, 7) is 0. The van der Waals surface area contributed by atoms with E-state index in [4.69, 9.17) is 0 Å². The quantitative estimate of drug-likeness (QED) is 0.496. The minimum absolute atomic E-state index is 0.0574. The molecule has 9 heteroatoms. The fourth-order valence-corrected chi connectivity index (χ4v) is 3.02. The van der Waals surface area contributed by atoms with Crippen LogP contribution in [0, 0.1) is 0 Å². The lowest BCUT2D eigenvalue weighted by Crippen LogP contribution is -2.31. The number of halogens is 6. The average Bonchev–Trinajstić information content (AvgIpc) is 2.58. The molecule has 0 aliphatic rings. The van der Waals surface area contributed by atoms with Crippen LogP contribution in [0.25, 0.3) is 5.57 Å². The lowest BCUT2D eigenvalue weighted by molar-refractivity contribution is -0.0893. The van der Waals surface area contributed by atoms with Crippen molar-refractivity contribution in [1.29, 1.82) is 0 Å². The zero-order valence-electron chi connectivity index (χ0n) is 13.4. The van der Waals surface area contributed by atoms with Gasteiger partial charge in [-0.05, 0) is 22.8 Å². The second-order valence-corrected chi connectivity index (χ2v) is 7.20. The molecule has 0 heterocycles. The molecule has 27 heavy (non-hydrogen) atoms. The van der Waals surface area contributed by atoms with Crippen LogP contribution in [-0.2, 0) is 9.84 Å². The second-order valence-electron chi connectivity index (χ2n) is 5.29. The highest BCUT2D eigenvalue weighted by atomic mass is 32.2. The fourth-order valence-electron chi connectivity index (χ4n) is 2.21. The molecule has 2 rings (SSSR count). The van der Waals surface area contributed by atoms with Crippen molar-refractivity contribution in [3.05, 3.63) is 88.8 Å². The Bertz CT molecular complexity index is 899. The Morgan fingerprint density at radius 2 is 1.11 bits per heavy atom. The number of rotatable bonds is 4. The topological polar surface area (TPSA) is 34.1 Å². The summed E-state index contributed by atoms with van der Waals surface area (Å²) < 4.78 is 99.7. The van der Waals surface area contributed by atoms with Crippen molar-refractivity contribution in [3.8, 4) is 0 Å². The molecule has 0 unspecified atom stereocenters. The van der Waals surface area contributed by atoms with E-state index in [9.17, 15) is 34.8 Å². The highest BCUT2D eigenvalue weighted by Gasteiger charge is 2.56. The van der Waals surface area contributed by atoms with Gasteiger partial charge in [-0.2, -0.15) is 26.3 Å². The van der Waals surface area contributed by atoms with Gasteiger partial charge in [0.2, 0.25) is 0 Å². The maximum atomic E-state index is 13.0. The summed E-state index contributed by atoms with van der Waals surface area (Å²) >= 11 is 0. The molecule has 0 aliphatic heterocycles. The lowest BCUT2D eigenvalue weighted by Gasteiger charge is -2.14. The fraction of sp³-hybridized carbons (Fsp3) is 0.111. The predicted molar refractivity (Wildman–Crippen MR) is 89.1 cm³/mol. The van der Waals surface area contributed by atoms with E-state index in [1.165, 1.54) is 24.3 Å². The number of benzene rings is 2. The van der Waals surface area contributed by atoms with Crippen molar-refractivity contribution in [3.63, 3.8) is 0 Å². The molecule has 0 aliphatic carbocycles. The zero-order valence-corrected chi connectivity index (χ0v) is 14.2. The summed E-state index contributed by atoms with van der Waals surface area (Å²) in [5.41, 5.74) is -5.12. The maximum absolute atomic E-state index is 13.0. The molecule has 144 valence electrons. The largest absolute Gasteiger partial charge is 0.501 e. The van der Waals surface area contributed by atoms with Crippen LogP contribution in [0.2, 0.25) is 0 Å². The third-order valence-electron chi connectivity index (χ3n) is 3.44. The summed E-state index contributed by atoms with van der Waals surface area (Å²) in [4.78, 5) is -2.67. The summed E-state index contributed by atoms with van der Waals surface area (Å²) in [6.07, 6.45) is -5.04. The van der Waals surface area contributed by atoms with E-state index in [-0.39, 0.29) is 11.6 Å². The number of hydrogen-bond donors (Lipinski definition) is 0. The molecule has 0 amide bonds. The molecule has 0 bridgehead atoms. The van der Waals surface area contributed by atoms with Crippen molar-refractivity contribution in [1.82, 2.24) is 0 Å². The van der Waals surface area contributed by atoms with Crippen LogP contribution in [0.4, 0.5) is 26.3 Å². The molecule has 0 saturated carbocycles. The number of alkyl halides is 6. The Balaban J connectivity index is 2.71. The minimum atomic E-state index is -6.56. The minimum Gasteiger partial charge on any atom is -0.214 e. The van der Waals surface area contributed by atoms with E-state index in [1.54, 1.807) is 36.4 Å². The van der Waals surface area contributed by atoms with Crippen molar-refractivity contribution in [2.24, 2.45) is 0 Å². The first-order valence-corrected chi connectivity index (χ1v) is 8.84. The third-order valence-corrected chi connectivity index (χ3v) is 5.00. The van der Waals surface area contributed by atoms with E-state index in [2.05, 4.69) is 0 Å². The molecule has 0 radical (unpaired) electrons. The molecule has 2 nitrogen and oxygen atoms in total. The molecule has 0 spiro atoms. The Hall–Kier alpha value is -2.55. The van der Waals surface area contributed by atoms with Gasteiger partial charge in [-0.25, -0.2) is 8.42 Å². The second kappa shape index (κ2) is 7.59. The molecule has 2 aromatic rings. The monoisotopic (exact) mass is 406 g/mol. The molecule has 2 aromatic carbocycles. The Morgan fingerprint density at radius 1 is 0.704 bits per heavy atom. The van der Waals surface area contributed by atoms with E-state index in [0.29, 0.717) is 11.1 Å². The van der Waals surface area contributed by atoms with E-state index < -0.39 is 26.4 Å². The van der Waals surface area contributed by atoms with E-state index in [0.717, 1.165) is 6.08 Å². The van der Waals surface area contributed by atoms with Crippen molar-refractivity contribution >= 4 is 15.4 Å². The highest BCUT2D eigenvalue weighted by molar-refractivity contribution is 7.96. The first kappa shape index (κ1) is 20.8. The summed E-state index contributed by atoms with van der Waals surface area (Å²) in [6, 6.07) is 15.8. The van der Waals surface area contributed by atoms with Crippen molar-refractivity contribution < 1.29 is 34.8 Å². The molecule has 0 saturated heterocycles. The predicted octanol–water partition coefficient (Wildman–Crippen LogP) is 5.50. The van der Waals surface area contributed by atoms with Gasteiger partial charge in [-0.3, -0.25) is 0 Å². The molecular formula is C18H12F6O2S. The highest BCUT2D eigenvalue weighted by Crippen LogP contribution is 2.39. The van der Waals surface area contributed by atoms with Gasteiger partial charge in [0.1, 0.15) is 0 Å². The number of hydrogen-bond acceptors (Lipinski definition) is 2. The zero-order chi connectivity index (χ0) is 20.3. The third kappa shape index (κ3) is 4.79. The van der Waals surface area contributed by atoms with E-state index in [1.807, 2.05) is 0 Å². The van der Waals surface area contributed by atoms with Crippen LogP contribution < -0.4 is 0 Å². The first-order chi connectivity index (χ1) is 12.4. The van der Waals surface area contributed by atoms with Gasteiger partial charge >= 0.3 is 11.7 Å². The maximum Gasteiger partial charge on any atom is 0.501 e. The van der Waals surface area contributed by atoms with Gasteiger partial charge in [-0.15, -0.1) is 0 Å². The molecule has 0 fully saturated rings. The molecular weight excluding hydrogens is 394 g/mol. The van der Waals surface area contributed by atoms with Gasteiger partial charge < -0.3 is 0 Å². The Morgan fingerprint density at radius 3 is 1.44 bits per heavy atom. The van der Waals surface area contributed by atoms with Crippen LogP contribution in [0.15, 0.2) is 77.7 Å². The van der Waals surface area contributed by atoms with Gasteiger partial charge in [0.15, 0.2) is 4.91 Å². The van der Waals surface area contributed by atoms with Crippen LogP contribution >= 0.6 is 0 Å². The smallest absolute Gasteiger partial charge is 0.214 e. The normalized spacial score (nSPS) is 13.3. The van der Waals surface area contributed by atoms with Crippen molar-refractivity contribution in [2.45, 2.75) is 11.7 Å². The van der Waals surface area contributed by atoms with Gasteiger partial charge in [0, 0.05) is 0 Å². The van der Waals surface area contributed by atoms with E-state index >= 15 is 0 Å².